The molecule has 1 saturated heterocycles. The molecule has 0 spiro atoms. The normalized spacial score (nSPS) is 31.8. The van der Waals surface area contributed by atoms with Crippen LogP contribution < -0.4 is 4.90 Å². The van der Waals surface area contributed by atoms with Gasteiger partial charge < -0.3 is 14.5 Å². The van der Waals surface area contributed by atoms with Crippen LogP contribution in [-0.2, 0) is 4.74 Å². The Balaban J connectivity index is 1.79. The number of ether oxygens (including phenoxy) is 1. The lowest BCUT2D eigenvalue weighted by atomic mass is 10.3. The molecule has 2 aromatic rings. The molecule has 2 aliphatic heterocycles. The highest BCUT2D eigenvalue weighted by atomic mass is 35.5. The Labute approximate surface area is 171 Å². The second kappa shape index (κ2) is 7.09. The fourth-order valence-electron chi connectivity index (χ4n) is 2.43. The number of carbonyl (C=O) groups excluding carboxylic acids is 2. The molecule has 1 unspecified atom stereocenters. The summed E-state index contributed by atoms with van der Waals surface area (Å²) in [5.74, 6) is -0.831. The number of rotatable bonds is 2. The lowest BCUT2D eigenvalue weighted by molar-refractivity contribution is 0.0476. The maximum absolute atomic E-state index is 13.3. The monoisotopic (exact) mass is 396 g/mol. The molecule has 0 aliphatic carbocycles. The molecule has 0 N–H and O–H groups in total. The number of hydrogen-bond donors (Lipinski definition) is 0. The van der Waals surface area contributed by atoms with Crippen LogP contribution in [0, 0.1) is 0 Å². The number of aromatic nitrogens is 3. The van der Waals surface area contributed by atoms with Gasteiger partial charge in [0.1, 0.15) is 11.5 Å². The highest BCUT2D eigenvalue weighted by Crippen LogP contribution is 2.35. The second-order valence-electron chi connectivity index (χ2n) is 5.38. The van der Waals surface area contributed by atoms with Crippen molar-refractivity contribution >= 4 is 29.4 Å². The van der Waals surface area contributed by atoms with Crippen LogP contribution in [0.2, 0.25) is 5.02 Å². The summed E-state index contributed by atoms with van der Waals surface area (Å²) in [5, 5.41) is 0.242. The number of fused-ring (bicyclic) bond motifs is 1. The van der Waals surface area contributed by atoms with Crippen LogP contribution in [0.4, 0.5) is 10.6 Å². The number of pyridine rings is 1. The minimum atomic E-state index is -3.41. The van der Waals surface area contributed by atoms with Crippen molar-refractivity contribution in [2.24, 2.45) is 0 Å². The number of amides is 2. The zero-order valence-corrected chi connectivity index (χ0v) is 14.5. The van der Waals surface area contributed by atoms with Gasteiger partial charge >= 0.3 is 6.09 Å². The average Bonchev–Trinajstić information content (AvgIpc) is 3.04. The Morgan fingerprint density at radius 1 is 1.22 bits per heavy atom. The van der Waals surface area contributed by atoms with Crippen molar-refractivity contribution < 1.29 is 25.3 Å². The third-order valence-electron chi connectivity index (χ3n) is 3.63. The first-order chi connectivity index (χ1) is 16.1. The molecule has 140 valence electrons. The Morgan fingerprint density at radius 3 is 2.67 bits per heavy atom. The first-order valence-corrected chi connectivity index (χ1v) is 7.95. The van der Waals surface area contributed by atoms with E-state index in [-0.39, 0.29) is 32.0 Å². The van der Waals surface area contributed by atoms with Crippen LogP contribution in [0.1, 0.15) is 33.4 Å². The van der Waals surface area contributed by atoms with E-state index in [4.69, 9.17) is 27.3 Å². The van der Waals surface area contributed by atoms with Gasteiger partial charge in [0.25, 0.3) is 5.91 Å². The van der Waals surface area contributed by atoms with Crippen LogP contribution in [0.5, 0.6) is 0 Å². The van der Waals surface area contributed by atoms with E-state index in [0.717, 1.165) is 11.9 Å². The minimum absolute atomic E-state index is 0.0490. The van der Waals surface area contributed by atoms with Crippen molar-refractivity contribution in [1.29, 1.82) is 0 Å². The summed E-state index contributed by atoms with van der Waals surface area (Å²) in [6.45, 7) is -13.2. The molecule has 2 amide bonds. The quantitative estimate of drug-likeness (QED) is 0.760. The van der Waals surface area contributed by atoms with E-state index in [9.17, 15) is 9.59 Å². The van der Waals surface area contributed by atoms with Crippen molar-refractivity contribution in [3.05, 3.63) is 47.1 Å². The van der Waals surface area contributed by atoms with E-state index in [1.165, 1.54) is 30.7 Å². The lowest BCUT2D eigenvalue weighted by Crippen LogP contribution is -2.48. The number of likely N-dealkylation sites (N-methyl/N-ethyl adjacent to an activating group) is 1. The minimum Gasteiger partial charge on any atom is -0.419 e. The third kappa shape index (κ3) is 3.31. The maximum Gasteiger partial charge on any atom is 0.412 e. The van der Waals surface area contributed by atoms with E-state index in [2.05, 4.69) is 15.0 Å². The summed E-state index contributed by atoms with van der Waals surface area (Å²) >= 11 is 5.85. The molecule has 0 bridgehead atoms. The number of anilines is 1. The average molecular weight is 397 g/mol. The number of carbonyl (C=O) groups is 2. The predicted octanol–water partition coefficient (Wildman–Crippen LogP) is 1.57. The summed E-state index contributed by atoms with van der Waals surface area (Å²) in [6.07, 6.45) is 0.159. The van der Waals surface area contributed by atoms with Gasteiger partial charge in [-0.1, -0.05) is 11.6 Å². The lowest BCUT2D eigenvalue weighted by Gasteiger charge is -2.33. The van der Waals surface area contributed by atoms with Gasteiger partial charge in [-0.3, -0.25) is 9.78 Å². The summed E-state index contributed by atoms with van der Waals surface area (Å²) in [7, 11) is 0.855. The summed E-state index contributed by atoms with van der Waals surface area (Å²) in [6, 6.07) is 2.74. The van der Waals surface area contributed by atoms with Crippen LogP contribution in [0.15, 0.2) is 30.7 Å². The Morgan fingerprint density at radius 2 is 1.96 bits per heavy atom. The van der Waals surface area contributed by atoms with Gasteiger partial charge in [-0.2, -0.15) is 0 Å². The van der Waals surface area contributed by atoms with Crippen molar-refractivity contribution in [2.75, 3.05) is 37.9 Å². The molecule has 0 saturated carbocycles. The highest BCUT2D eigenvalue weighted by molar-refractivity contribution is 6.30. The maximum atomic E-state index is 13.3. The van der Waals surface area contributed by atoms with Gasteiger partial charge in [0.05, 0.1) is 10.5 Å². The van der Waals surface area contributed by atoms with Gasteiger partial charge in [-0.05, 0) is 19.2 Å². The summed E-state index contributed by atoms with van der Waals surface area (Å²) < 4.78 is 70.4. The smallest absolute Gasteiger partial charge is 0.412 e. The molecule has 0 aromatic carbocycles. The SMILES string of the molecule is [2H]C1([2H])N(C)C([2H])([2H])C([2H])([2H])N(C(=O)OC2c3nccnc3C(=O)N2c2ccc(Cl)cn2)C1([2H])[2H]. The number of halogens is 1. The van der Waals surface area contributed by atoms with Crippen molar-refractivity contribution in [2.45, 2.75) is 6.23 Å². The zero-order valence-electron chi connectivity index (χ0n) is 21.8. The molecule has 9 nitrogen and oxygen atoms in total. The molecule has 27 heavy (non-hydrogen) atoms. The molecular formula is C17H17ClN6O3. The molecule has 10 heteroatoms. The predicted molar refractivity (Wildman–Crippen MR) is 96.4 cm³/mol. The Kier molecular flexibility index (Phi) is 2.76. The van der Waals surface area contributed by atoms with Crippen LogP contribution in [-0.4, -0.2) is 69.8 Å². The standard InChI is InChI=1S/C17H17ClN6O3/c1-22-6-8-23(9-7-22)17(26)27-16-14-13(19-4-5-20-14)15(25)24(16)12-3-2-11(18)10-21-12/h2-5,10,16H,6-9H2,1H3/i6D2,7D2,8D2,9D2. The van der Waals surface area contributed by atoms with Crippen molar-refractivity contribution in [3.8, 4) is 0 Å². The van der Waals surface area contributed by atoms with E-state index >= 15 is 0 Å². The van der Waals surface area contributed by atoms with E-state index in [0.29, 0.717) is 0 Å². The fourth-order valence-corrected chi connectivity index (χ4v) is 2.54. The molecule has 2 aliphatic rings. The van der Waals surface area contributed by atoms with Crippen LogP contribution >= 0.6 is 11.6 Å². The van der Waals surface area contributed by atoms with Crippen LogP contribution in [0.25, 0.3) is 0 Å². The molecule has 2 aromatic heterocycles. The zero-order chi connectivity index (χ0) is 26.1. The summed E-state index contributed by atoms with van der Waals surface area (Å²) in [4.78, 5) is 39.0. The van der Waals surface area contributed by atoms with E-state index in [1.54, 1.807) is 0 Å². The largest absolute Gasteiger partial charge is 0.419 e. The van der Waals surface area contributed by atoms with Gasteiger partial charge in [0.2, 0.25) is 6.23 Å². The Bertz CT molecular complexity index is 1170. The molecule has 1 atom stereocenters. The number of nitrogens with zero attached hydrogens (tertiary/aromatic N) is 6. The van der Waals surface area contributed by atoms with Gasteiger partial charge in [-0.25, -0.2) is 19.7 Å². The number of hydrogen-bond acceptors (Lipinski definition) is 7. The molecule has 1 fully saturated rings. The van der Waals surface area contributed by atoms with Gasteiger partial charge in [0.15, 0.2) is 5.69 Å². The van der Waals surface area contributed by atoms with Gasteiger partial charge in [-0.15, -0.1) is 0 Å². The van der Waals surface area contributed by atoms with Crippen LogP contribution in [0.3, 0.4) is 0 Å². The number of piperazine rings is 1. The molecular weight excluding hydrogens is 372 g/mol. The van der Waals surface area contributed by atoms with Crippen molar-refractivity contribution in [3.63, 3.8) is 0 Å². The Hall–Kier alpha value is -2.78. The van der Waals surface area contributed by atoms with Crippen molar-refractivity contribution in [1.82, 2.24) is 24.8 Å². The summed E-state index contributed by atoms with van der Waals surface area (Å²) in [5.41, 5.74) is -0.374. The first-order valence-electron chi connectivity index (χ1n) is 11.6. The second-order valence-corrected chi connectivity index (χ2v) is 5.81. The first kappa shape index (κ1) is 10.5. The molecule has 4 heterocycles. The van der Waals surface area contributed by atoms with E-state index < -0.39 is 44.2 Å². The highest BCUT2D eigenvalue weighted by Gasteiger charge is 2.44. The fraction of sp³-hybridized carbons (Fsp3) is 0.353. The third-order valence-corrected chi connectivity index (χ3v) is 3.85. The molecule has 4 rings (SSSR count). The topological polar surface area (TPSA) is 91.8 Å². The van der Waals surface area contributed by atoms with E-state index in [1.807, 2.05) is 0 Å². The van der Waals surface area contributed by atoms with Gasteiger partial charge in [0, 0.05) is 50.1 Å². The molecule has 0 radical (unpaired) electrons.